The highest BCUT2D eigenvalue weighted by molar-refractivity contribution is 7.17. The number of carbonyl (C=O) groups excluding carboxylic acids is 3. The first-order valence-corrected chi connectivity index (χ1v) is 15.7. The third kappa shape index (κ3) is 7.39. The zero-order valence-corrected chi connectivity index (χ0v) is 25.9. The number of H-pyrrole nitrogens is 1. The first kappa shape index (κ1) is 31.1. The summed E-state index contributed by atoms with van der Waals surface area (Å²) in [6.45, 7) is 6.16. The summed E-state index contributed by atoms with van der Waals surface area (Å²) in [7, 11) is 0. The van der Waals surface area contributed by atoms with Crippen LogP contribution < -0.4 is 10.6 Å². The molecule has 11 heteroatoms. The highest BCUT2D eigenvalue weighted by atomic mass is 32.1. The number of fused-ring (bicyclic) bond motifs is 2. The van der Waals surface area contributed by atoms with Crippen molar-refractivity contribution in [1.29, 1.82) is 0 Å². The zero-order valence-electron chi connectivity index (χ0n) is 25.1. The SMILES string of the molecule is CC(C)(C)OC(=O)N1CCC(C(=O)NC(Cc2csc3ccccc23)C(=O)NC(Cc2c[nH]c3ccccc23)C(=O)O)CC1. The number of thiophene rings is 1. The maximum atomic E-state index is 13.7. The predicted molar refractivity (Wildman–Crippen MR) is 170 cm³/mol. The molecular formula is C33H38N4O6S. The minimum Gasteiger partial charge on any atom is -0.480 e. The maximum absolute atomic E-state index is 13.7. The largest absolute Gasteiger partial charge is 0.480 e. The Balaban J connectivity index is 1.30. The lowest BCUT2D eigenvalue weighted by Crippen LogP contribution is -2.54. The molecule has 1 fully saturated rings. The quantitative estimate of drug-likeness (QED) is 0.211. The molecule has 1 aliphatic rings. The number of aromatic amines is 1. The Morgan fingerprint density at radius 1 is 0.955 bits per heavy atom. The van der Waals surface area contributed by atoms with Crippen LogP contribution in [-0.4, -0.2) is 69.6 Å². The molecule has 0 spiro atoms. The normalized spacial score (nSPS) is 15.6. The van der Waals surface area contributed by atoms with Crippen molar-refractivity contribution in [3.8, 4) is 0 Å². The number of hydrogen-bond donors (Lipinski definition) is 4. The number of carbonyl (C=O) groups is 4. The third-order valence-electron chi connectivity index (χ3n) is 7.85. The average Bonchev–Trinajstić information content (AvgIpc) is 3.59. The minimum absolute atomic E-state index is 0.0796. The van der Waals surface area contributed by atoms with Gasteiger partial charge in [0, 0.05) is 53.6 Å². The Kier molecular flexibility index (Phi) is 9.24. The van der Waals surface area contributed by atoms with Crippen molar-refractivity contribution in [2.24, 2.45) is 5.92 Å². The standard InChI is InChI=1S/C33H38N4O6S/c1-33(2,3)43-32(42)37-14-12-20(13-15-37)29(38)35-26(17-22-19-44-28-11-7-5-9-24(22)28)30(39)36-27(31(40)41)16-21-18-34-25-10-6-4-8-23(21)25/h4-11,18-20,26-27,34H,12-17H2,1-3H3,(H,35,38)(H,36,39)(H,40,41). The van der Waals surface area contributed by atoms with Gasteiger partial charge < -0.3 is 30.4 Å². The summed E-state index contributed by atoms with van der Waals surface area (Å²) in [4.78, 5) is 56.8. The van der Waals surface area contributed by atoms with Crippen molar-refractivity contribution in [2.45, 2.75) is 64.1 Å². The summed E-state index contributed by atoms with van der Waals surface area (Å²) < 4.78 is 6.53. The van der Waals surface area contributed by atoms with E-state index in [9.17, 15) is 24.3 Å². The maximum Gasteiger partial charge on any atom is 0.410 e. The van der Waals surface area contributed by atoms with Crippen molar-refractivity contribution in [3.05, 3.63) is 71.2 Å². The van der Waals surface area contributed by atoms with Gasteiger partial charge in [-0.05, 0) is 67.6 Å². The van der Waals surface area contributed by atoms with Gasteiger partial charge in [0.2, 0.25) is 11.8 Å². The number of aromatic nitrogens is 1. The van der Waals surface area contributed by atoms with Gasteiger partial charge in [-0.1, -0.05) is 36.4 Å². The van der Waals surface area contributed by atoms with Gasteiger partial charge in [-0.15, -0.1) is 11.3 Å². The lowest BCUT2D eigenvalue weighted by atomic mass is 9.95. The van der Waals surface area contributed by atoms with E-state index >= 15 is 0 Å². The molecule has 1 aliphatic heterocycles. The van der Waals surface area contributed by atoms with Gasteiger partial charge in [-0.25, -0.2) is 9.59 Å². The topological polar surface area (TPSA) is 141 Å². The van der Waals surface area contributed by atoms with E-state index in [0.717, 1.165) is 32.1 Å². The van der Waals surface area contributed by atoms with Crippen molar-refractivity contribution in [2.75, 3.05) is 13.1 Å². The van der Waals surface area contributed by atoms with Crippen LogP contribution in [0.1, 0.15) is 44.7 Å². The van der Waals surface area contributed by atoms with E-state index < -0.39 is 41.6 Å². The summed E-state index contributed by atoms with van der Waals surface area (Å²) in [5.41, 5.74) is 1.94. The van der Waals surface area contributed by atoms with Crippen LogP contribution in [0.5, 0.6) is 0 Å². The van der Waals surface area contributed by atoms with Gasteiger partial charge in [0.15, 0.2) is 0 Å². The predicted octanol–water partition coefficient (Wildman–Crippen LogP) is 4.87. The van der Waals surface area contributed by atoms with Gasteiger partial charge in [-0.3, -0.25) is 9.59 Å². The lowest BCUT2D eigenvalue weighted by molar-refractivity contribution is -0.142. The number of ether oxygens (including phenoxy) is 1. The van der Waals surface area contributed by atoms with E-state index in [0.29, 0.717) is 25.9 Å². The second-order valence-corrected chi connectivity index (χ2v) is 13.1. The van der Waals surface area contributed by atoms with Crippen LogP contribution in [0.25, 0.3) is 21.0 Å². The fraction of sp³-hybridized carbons (Fsp3) is 0.394. The molecule has 3 heterocycles. The van der Waals surface area contributed by atoms with Crippen LogP contribution in [0, 0.1) is 5.92 Å². The molecule has 1 saturated heterocycles. The molecule has 2 aromatic carbocycles. The molecule has 10 nitrogen and oxygen atoms in total. The molecule has 0 bridgehead atoms. The third-order valence-corrected chi connectivity index (χ3v) is 8.86. The molecule has 2 atom stereocenters. The number of rotatable bonds is 9. The summed E-state index contributed by atoms with van der Waals surface area (Å²) in [5, 5.41) is 19.5. The second-order valence-electron chi connectivity index (χ2n) is 12.2. The van der Waals surface area contributed by atoms with Gasteiger partial charge in [-0.2, -0.15) is 0 Å². The number of carboxylic acid groups (broad SMARTS) is 1. The van der Waals surface area contributed by atoms with Gasteiger partial charge in [0.25, 0.3) is 0 Å². The highest BCUT2D eigenvalue weighted by Gasteiger charge is 2.33. The molecule has 2 aromatic heterocycles. The number of piperidine rings is 1. The molecule has 3 amide bonds. The minimum atomic E-state index is -1.20. The number of carboxylic acids is 1. The summed E-state index contributed by atoms with van der Waals surface area (Å²) in [5.74, 6) is -2.42. The fourth-order valence-electron chi connectivity index (χ4n) is 5.55. The number of aliphatic carboxylic acids is 1. The van der Waals surface area contributed by atoms with E-state index in [2.05, 4.69) is 15.6 Å². The Morgan fingerprint density at radius 2 is 1.61 bits per heavy atom. The monoisotopic (exact) mass is 618 g/mol. The Hall–Kier alpha value is -4.38. The highest BCUT2D eigenvalue weighted by Crippen LogP contribution is 2.27. The fourth-order valence-corrected chi connectivity index (χ4v) is 6.53. The van der Waals surface area contributed by atoms with Gasteiger partial charge >= 0.3 is 12.1 Å². The smallest absolute Gasteiger partial charge is 0.410 e. The molecule has 0 saturated carbocycles. The lowest BCUT2D eigenvalue weighted by Gasteiger charge is -2.33. The molecule has 0 radical (unpaired) electrons. The Bertz CT molecular complexity index is 1660. The molecule has 44 heavy (non-hydrogen) atoms. The number of hydrogen-bond acceptors (Lipinski definition) is 6. The molecule has 232 valence electrons. The molecule has 4 N–H and O–H groups in total. The molecular weight excluding hydrogens is 580 g/mol. The van der Waals surface area contributed by atoms with E-state index in [1.807, 2.05) is 74.7 Å². The number of nitrogens with one attached hydrogen (secondary N) is 3. The van der Waals surface area contributed by atoms with Crippen LogP contribution in [-0.2, 0) is 32.0 Å². The Morgan fingerprint density at radius 3 is 2.32 bits per heavy atom. The zero-order chi connectivity index (χ0) is 31.4. The molecule has 5 rings (SSSR count). The van der Waals surface area contributed by atoms with Crippen LogP contribution >= 0.6 is 11.3 Å². The molecule has 0 aliphatic carbocycles. The van der Waals surface area contributed by atoms with Crippen molar-refractivity contribution in [1.82, 2.24) is 20.5 Å². The second kappa shape index (κ2) is 13.1. The van der Waals surface area contributed by atoms with Crippen LogP contribution in [0.4, 0.5) is 4.79 Å². The van der Waals surface area contributed by atoms with Crippen LogP contribution in [0.15, 0.2) is 60.1 Å². The number of amides is 3. The number of nitrogens with zero attached hydrogens (tertiary/aromatic N) is 1. The Labute approximate surface area is 259 Å². The average molecular weight is 619 g/mol. The van der Waals surface area contributed by atoms with Crippen LogP contribution in [0.3, 0.4) is 0 Å². The van der Waals surface area contributed by atoms with E-state index in [1.165, 1.54) is 0 Å². The van der Waals surface area contributed by atoms with E-state index in [-0.39, 0.29) is 18.7 Å². The first-order chi connectivity index (χ1) is 21.0. The van der Waals surface area contributed by atoms with Gasteiger partial charge in [0.1, 0.15) is 17.7 Å². The summed E-state index contributed by atoms with van der Waals surface area (Å²) in [6, 6.07) is 13.2. The van der Waals surface area contributed by atoms with Crippen molar-refractivity contribution >= 4 is 56.2 Å². The molecule has 4 aromatic rings. The number of benzene rings is 2. The number of likely N-dealkylation sites (tertiary alicyclic amines) is 1. The van der Waals surface area contributed by atoms with E-state index in [4.69, 9.17) is 4.74 Å². The summed E-state index contributed by atoms with van der Waals surface area (Å²) >= 11 is 1.55. The summed E-state index contributed by atoms with van der Waals surface area (Å²) in [6.07, 6.45) is 2.49. The van der Waals surface area contributed by atoms with Crippen molar-refractivity contribution in [3.63, 3.8) is 0 Å². The van der Waals surface area contributed by atoms with Gasteiger partial charge in [0.05, 0.1) is 0 Å². The first-order valence-electron chi connectivity index (χ1n) is 14.8. The van der Waals surface area contributed by atoms with Crippen molar-refractivity contribution < 1.29 is 29.0 Å². The number of para-hydroxylation sites is 1. The van der Waals surface area contributed by atoms with E-state index in [1.54, 1.807) is 22.4 Å². The van der Waals surface area contributed by atoms with Crippen LogP contribution in [0.2, 0.25) is 0 Å². The molecule has 2 unspecified atom stereocenters.